The molecule has 0 aliphatic carbocycles. The van der Waals surface area contributed by atoms with Gasteiger partial charge in [-0.05, 0) is 37.8 Å². The van der Waals surface area contributed by atoms with Gasteiger partial charge in [-0.2, -0.15) is 0 Å². The Bertz CT molecular complexity index is 1390. The van der Waals surface area contributed by atoms with Gasteiger partial charge in [-0.15, -0.1) is 0 Å². The number of carbonyl (C=O) groups excluding carboxylic acids is 1. The summed E-state index contributed by atoms with van der Waals surface area (Å²) in [5.41, 5.74) is 4.45. The summed E-state index contributed by atoms with van der Waals surface area (Å²) in [4.78, 5) is 32.0. The molecule has 1 aromatic carbocycles. The van der Waals surface area contributed by atoms with Gasteiger partial charge in [-0.1, -0.05) is 13.8 Å². The maximum Gasteiger partial charge on any atom is 0.343 e. The maximum atomic E-state index is 15.7. The molecule has 0 radical (unpaired) electrons. The number of aryl methyl sites for hydroxylation is 1. The number of benzene rings is 1. The molecule has 0 saturated carbocycles. The molecule has 2 N–H and O–H groups in total. The molecule has 0 bridgehead atoms. The minimum Gasteiger partial charge on any atom is -0.462 e. The number of anilines is 1. The van der Waals surface area contributed by atoms with Crippen LogP contribution in [0.15, 0.2) is 29.2 Å². The quantitative estimate of drug-likeness (QED) is 0.561. The number of aromatic nitrogens is 2. The Morgan fingerprint density at radius 1 is 1.29 bits per heavy atom. The van der Waals surface area contributed by atoms with Crippen LogP contribution in [0.4, 0.5) is 19.0 Å². The zero-order valence-electron chi connectivity index (χ0n) is 20.0. The topological polar surface area (TPSA) is 90.5 Å². The predicted molar refractivity (Wildman–Crippen MR) is 126 cm³/mol. The largest absolute Gasteiger partial charge is 0.462 e. The predicted octanol–water partition coefficient (Wildman–Crippen LogP) is 3.85. The molecule has 3 heterocycles. The van der Waals surface area contributed by atoms with Gasteiger partial charge in [-0.25, -0.2) is 22.9 Å². The number of hydrogen-bond donors (Lipinski definition) is 1. The summed E-state index contributed by atoms with van der Waals surface area (Å²) in [6.07, 6.45) is 1.70. The number of nitrogens with two attached hydrogens (primary N) is 1. The van der Waals surface area contributed by atoms with Crippen LogP contribution in [0.3, 0.4) is 0 Å². The number of halogens is 3. The van der Waals surface area contributed by atoms with Gasteiger partial charge in [0.05, 0.1) is 17.7 Å². The molecule has 186 valence electrons. The van der Waals surface area contributed by atoms with Crippen molar-refractivity contribution in [1.82, 2.24) is 9.55 Å². The van der Waals surface area contributed by atoms with E-state index in [1.165, 1.54) is 6.92 Å². The lowest BCUT2D eigenvalue weighted by Crippen LogP contribution is -2.53. The molecule has 1 aliphatic heterocycles. The molecule has 1 fully saturated rings. The second kappa shape index (κ2) is 8.99. The second-order valence-corrected chi connectivity index (χ2v) is 9.44. The van der Waals surface area contributed by atoms with Gasteiger partial charge in [0, 0.05) is 37.0 Å². The number of nitrogens with zero attached hydrogens (tertiary/aromatic N) is 3. The zero-order valence-corrected chi connectivity index (χ0v) is 20.0. The van der Waals surface area contributed by atoms with Crippen molar-refractivity contribution in [3.05, 3.63) is 63.2 Å². The number of esters is 1. The Morgan fingerprint density at radius 2 is 2.00 bits per heavy atom. The number of hydrogen-bond acceptors (Lipinski definition) is 6. The number of rotatable bonds is 4. The van der Waals surface area contributed by atoms with Crippen molar-refractivity contribution in [2.24, 2.45) is 11.1 Å². The number of pyridine rings is 2. The zero-order chi connectivity index (χ0) is 25.7. The fourth-order valence-electron chi connectivity index (χ4n) is 4.46. The van der Waals surface area contributed by atoms with E-state index in [1.54, 1.807) is 11.8 Å². The van der Waals surface area contributed by atoms with Crippen LogP contribution in [0.25, 0.3) is 16.7 Å². The van der Waals surface area contributed by atoms with E-state index < -0.39 is 34.4 Å². The summed E-state index contributed by atoms with van der Waals surface area (Å²) in [5, 5.41) is -0.187. The van der Waals surface area contributed by atoms with E-state index in [0.29, 0.717) is 25.6 Å². The highest BCUT2D eigenvalue weighted by atomic mass is 19.1. The first kappa shape index (κ1) is 24.7. The van der Waals surface area contributed by atoms with Gasteiger partial charge in [-0.3, -0.25) is 9.36 Å². The Labute approximate surface area is 200 Å². The van der Waals surface area contributed by atoms with E-state index in [-0.39, 0.29) is 46.2 Å². The van der Waals surface area contributed by atoms with Gasteiger partial charge >= 0.3 is 5.97 Å². The summed E-state index contributed by atoms with van der Waals surface area (Å²) < 4.78 is 50.3. The smallest absolute Gasteiger partial charge is 0.343 e. The Balaban J connectivity index is 2.05. The fourth-order valence-corrected chi connectivity index (χ4v) is 4.46. The van der Waals surface area contributed by atoms with Crippen LogP contribution in [-0.4, -0.2) is 41.3 Å². The van der Waals surface area contributed by atoms with Crippen LogP contribution in [-0.2, 0) is 4.74 Å². The second-order valence-electron chi connectivity index (χ2n) is 9.44. The lowest BCUT2D eigenvalue weighted by molar-refractivity contribution is 0.0524. The van der Waals surface area contributed by atoms with Crippen LogP contribution in [0.1, 0.15) is 43.1 Å². The van der Waals surface area contributed by atoms with Crippen molar-refractivity contribution in [2.75, 3.05) is 24.6 Å². The van der Waals surface area contributed by atoms with Crippen LogP contribution < -0.4 is 16.1 Å². The van der Waals surface area contributed by atoms with Gasteiger partial charge < -0.3 is 15.4 Å². The number of piperidine rings is 1. The third-order valence-corrected chi connectivity index (χ3v) is 6.57. The molecule has 1 atom stereocenters. The highest BCUT2D eigenvalue weighted by Crippen LogP contribution is 2.34. The Hall–Kier alpha value is -3.40. The molecule has 1 aliphatic rings. The third kappa shape index (κ3) is 4.27. The lowest BCUT2D eigenvalue weighted by atomic mass is 9.79. The Kier molecular flexibility index (Phi) is 6.35. The van der Waals surface area contributed by atoms with Gasteiger partial charge in [0.15, 0.2) is 17.3 Å². The monoisotopic (exact) mass is 488 g/mol. The number of fused-ring (bicyclic) bond motifs is 1. The maximum absolute atomic E-state index is 15.7. The summed E-state index contributed by atoms with van der Waals surface area (Å²) in [6.45, 7) is 7.79. The van der Waals surface area contributed by atoms with Crippen LogP contribution in [0.2, 0.25) is 0 Å². The molecule has 1 unspecified atom stereocenters. The number of ether oxygens (including phenoxy) is 1. The first-order chi connectivity index (χ1) is 16.5. The van der Waals surface area contributed by atoms with Crippen molar-refractivity contribution in [1.29, 1.82) is 0 Å². The number of carbonyl (C=O) groups is 1. The van der Waals surface area contributed by atoms with Crippen molar-refractivity contribution in [3.63, 3.8) is 0 Å². The third-order valence-electron chi connectivity index (χ3n) is 6.57. The standard InChI is InChI=1S/C25H27F3N4O3/c1-5-35-24(34)15-11-32(17-7-6-14(26)10-16(17)27)22-19(21(15)33)13(2)20(28)23(30-22)31-9-8-18(29)25(3,4)12-31/h6-7,10-11,18H,5,8-9,12,29H2,1-4H3. The molecule has 10 heteroatoms. The average molecular weight is 489 g/mol. The first-order valence-corrected chi connectivity index (χ1v) is 11.3. The molecule has 4 rings (SSSR count). The van der Waals surface area contributed by atoms with Crippen LogP contribution in [0, 0.1) is 29.8 Å². The molecule has 1 saturated heterocycles. The average Bonchev–Trinajstić information content (AvgIpc) is 2.78. The van der Waals surface area contributed by atoms with E-state index in [2.05, 4.69) is 4.98 Å². The normalized spacial score (nSPS) is 17.6. The van der Waals surface area contributed by atoms with Gasteiger partial charge in [0.2, 0.25) is 5.43 Å². The van der Waals surface area contributed by atoms with Gasteiger partial charge in [0.25, 0.3) is 0 Å². The van der Waals surface area contributed by atoms with Crippen molar-refractivity contribution < 1.29 is 22.7 Å². The molecular weight excluding hydrogens is 461 g/mol. The van der Waals surface area contributed by atoms with Crippen LogP contribution >= 0.6 is 0 Å². The van der Waals surface area contributed by atoms with Crippen LogP contribution in [0.5, 0.6) is 0 Å². The van der Waals surface area contributed by atoms with E-state index >= 15 is 4.39 Å². The summed E-state index contributed by atoms with van der Waals surface area (Å²) in [6, 6.07) is 2.79. The Morgan fingerprint density at radius 3 is 2.63 bits per heavy atom. The SMILES string of the molecule is CCOC(=O)c1cn(-c2ccc(F)cc2F)c2nc(N3CCC(N)C(C)(C)C3)c(F)c(C)c2c1=O. The van der Waals surface area contributed by atoms with Gasteiger partial charge in [0.1, 0.15) is 17.2 Å². The van der Waals surface area contributed by atoms with Crippen molar-refractivity contribution >= 4 is 22.8 Å². The van der Waals surface area contributed by atoms with E-state index in [9.17, 15) is 18.4 Å². The molecule has 35 heavy (non-hydrogen) atoms. The molecule has 7 nitrogen and oxygen atoms in total. The molecule has 0 spiro atoms. The van der Waals surface area contributed by atoms with E-state index in [4.69, 9.17) is 10.5 Å². The highest BCUT2D eigenvalue weighted by molar-refractivity contribution is 5.95. The summed E-state index contributed by atoms with van der Waals surface area (Å²) >= 11 is 0. The highest BCUT2D eigenvalue weighted by Gasteiger charge is 2.36. The minimum atomic E-state index is -0.944. The summed E-state index contributed by atoms with van der Waals surface area (Å²) in [5.74, 6) is -3.40. The molecule has 2 aromatic heterocycles. The molecular formula is C25H27F3N4O3. The van der Waals surface area contributed by atoms with Crippen molar-refractivity contribution in [2.45, 2.75) is 40.2 Å². The summed E-state index contributed by atoms with van der Waals surface area (Å²) in [7, 11) is 0. The fraction of sp³-hybridized carbons (Fsp3) is 0.400. The first-order valence-electron chi connectivity index (χ1n) is 11.3. The van der Waals surface area contributed by atoms with E-state index in [0.717, 1.165) is 22.9 Å². The lowest BCUT2D eigenvalue weighted by Gasteiger charge is -2.43. The minimum absolute atomic E-state index is 0.00136. The van der Waals surface area contributed by atoms with E-state index in [1.807, 2.05) is 13.8 Å². The molecule has 0 amide bonds. The van der Waals surface area contributed by atoms with Crippen molar-refractivity contribution in [3.8, 4) is 5.69 Å². The molecule has 3 aromatic rings.